The lowest BCUT2D eigenvalue weighted by atomic mass is 10.1. The number of rotatable bonds is 0. The quantitative estimate of drug-likeness (QED) is 0.416. The molecule has 15 heavy (non-hydrogen) atoms. The molecule has 0 saturated carbocycles. The molecule has 3 rings (SSSR count). The van der Waals surface area contributed by atoms with Gasteiger partial charge in [-0.2, -0.15) is 0 Å². The van der Waals surface area contributed by atoms with Crippen LogP contribution in [0.2, 0.25) is 0 Å². The third-order valence-corrected chi connectivity index (χ3v) is 3.44. The molecular formula is C10H5NO3S. The van der Waals surface area contributed by atoms with Gasteiger partial charge in [-0.1, -0.05) is 0 Å². The van der Waals surface area contributed by atoms with E-state index in [2.05, 4.69) is 4.74 Å². The lowest BCUT2D eigenvalue weighted by Gasteiger charge is -1.94. The Labute approximate surface area is 88.3 Å². The number of nitrogens with two attached hydrogens (primary N) is 1. The fraction of sp³-hybridized carbons (Fsp3) is 0. The number of esters is 2. The first-order chi connectivity index (χ1) is 7.16. The van der Waals surface area contributed by atoms with Crippen LogP contribution in [0.4, 0.5) is 5.69 Å². The molecule has 4 nitrogen and oxygen atoms in total. The predicted molar refractivity (Wildman–Crippen MR) is 56.0 cm³/mol. The number of anilines is 1. The van der Waals surface area contributed by atoms with E-state index in [9.17, 15) is 9.59 Å². The summed E-state index contributed by atoms with van der Waals surface area (Å²) in [5.74, 6) is -1.14. The first kappa shape index (κ1) is 8.43. The number of hydrogen-bond donors (Lipinski definition) is 1. The largest absolute Gasteiger partial charge is 0.399 e. The van der Waals surface area contributed by atoms with Gasteiger partial charge in [-0.25, -0.2) is 9.59 Å². The number of nitrogen functional groups attached to an aromatic ring is 1. The van der Waals surface area contributed by atoms with Gasteiger partial charge in [0.15, 0.2) is 0 Å². The molecule has 0 radical (unpaired) electrons. The Balaban J connectivity index is 2.46. The van der Waals surface area contributed by atoms with Gasteiger partial charge in [0.25, 0.3) is 0 Å². The summed E-state index contributed by atoms with van der Waals surface area (Å²) in [4.78, 5) is 23.0. The summed E-state index contributed by atoms with van der Waals surface area (Å²) in [6, 6.07) is 5.22. The minimum absolute atomic E-state index is 0.354. The molecule has 0 aliphatic carbocycles. The van der Waals surface area contributed by atoms with Gasteiger partial charge < -0.3 is 10.5 Å². The van der Waals surface area contributed by atoms with Crippen molar-refractivity contribution in [3.63, 3.8) is 0 Å². The van der Waals surface area contributed by atoms with Gasteiger partial charge in [-0.15, -0.1) is 11.3 Å². The summed E-state index contributed by atoms with van der Waals surface area (Å²) in [5.41, 5.74) is 6.54. The number of cyclic esters (lactones) is 2. The summed E-state index contributed by atoms with van der Waals surface area (Å²) in [6.07, 6.45) is 0. The molecule has 1 aliphatic heterocycles. The molecule has 0 amide bonds. The van der Waals surface area contributed by atoms with Crippen molar-refractivity contribution in [3.8, 4) is 0 Å². The lowest BCUT2D eigenvalue weighted by molar-refractivity contribution is 0.0446. The zero-order valence-corrected chi connectivity index (χ0v) is 8.26. The molecule has 2 heterocycles. The highest BCUT2D eigenvalue weighted by Gasteiger charge is 2.34. The lowest BCUT2D eigenvalue weighted by Crippen LogP contribution is -1.98. The Kier molecular flexibility index (Phi) is 1.45. The molecule has 0 saturated heterocycles. The standard InChI is InChI=1S/C10H5NO3S/c11-4-1-2-6-5(3-4)7-8(15-6)10(13)14-9(7)12/h1-3H,11H2. The minimum atomic E-state index is -0.577. The number of thiophene rings is 1. The molecule has 5 heteroatoms. The van der Waals surface area contributed by atoms with Crippen LogP contribution in [-0.4, -0.2) is 11.9 Å². The highest BCUT2D eigenvalue weighted by atomic mass is 32.1. The van der Waals surface area contributed by atoms with Crippen molar-refractivity contribution in [2.24, 2.45) is 0 Å². The van der Waals surface area contributed by atoms with E-state index in [4.69, 9.17) is 5.73 Å². The van der Waals surface area contributed by atoms with Gasteiger partial charge in [0.2, 0.25) is 0 Å². The second-order valence-corrected chi connectivity index (χ2v) is 4.29. The summed E-state index contributed by atoms with van der Waals surface area (Å²) in [6.45, 7) is 0. The van der Waals surface area contributed by atoms with Crippen LogP contribution in [0, 0.1) is 0 Å². The van der Waals surface area contributed by atoms with Crippen LogP contribution < -0.4 is 5.73 Å². The Morgan fingerprint density at radius 1 is 1.20 bits per heavy atom. The number of fused-ring (bicyclic) bond motifs is 3. The van der Waals surface area contributed by atoms with Crippen LogP contribution in [0.1, 0.15) is 20.0 Å². The SMILES string of the molecule is Nc1ccc2sc3c(c2c1)C(=O)OC3=O. The monoisotopic (exact) mass is 219 g/mol. The van der Waals surface area contributed by atoms with E-state index < -0.39 is 11.9 Å². The van der Waals surface area contributed by atoms with Crippen molar-refractivity contribution in [3.05, 3.63) is 28.6 Å². The van der Waals surface area contributed by atoms with E-state index in [-0.39, 0.29) is 0 Å². The molecule has 1 aromatic heterocycles. The van der Waals surface area contributed by atoms with Crippen LogP contribution in [0.3, 0.4) is 0 Å². The normalized spacial score (nSPS) is 14.4. The number of carbonyl (C=O) groups excluding carboxylic acids is 2. The fourth-order valence-corrected chi connectivity index (χ4v) is 2.69. The van der Waals surface area contributed by atoms with Crippen LogP contribution >= 0.6 is 11.3 Å². The van der Waals surface area contributed by atoms with Crippen molar-refractivity contribution in [2.45, 2.75) is 0 Å². The summed E-state index contributed by atoms with van der Waals surface area (Å²) in [5, 5.41) is 0.700. The molecule has 1 aromatic carbocycles. The van der Waals surface area contributed by atoms with E-state index in [1.54, 1.807) is 18.2 Å². The fourth-order valence-electron chi connectivity index (χ4n) is 1.64. The smallest absolute Gasteiger partial charge is 0.357 e. The molecule has 1 aliphatic rings. The first-order valence-electron chi connectivity index (χ1n) is 4.25. The molecule has 0 unspecified atom stereocenters. The van der Waals surface area contributed by atoms with Gasteiger partial charge in [-0.3, -0.25) is 0 Å². The Hall–Kier alpha value is -1.88. The van der Waals surface area contributed by atoms with Crippen LogP contribution in [0.5, 0.6) is 0 Å². The maximum atomic E-state index is 11.4. The van der Waals surface area contributed by atoms with Crippen molar-refractivity contribution < 1.29 is 14.3 Å². The molecule has 2 aromatic rings. The summed E-state index contributed by atoms with van der Waals surface area (Å²) < 4.78 is 5.39. The zero-order valence-electron chi connectivity index (χ0n) is 7.44. The second kappa shape index (κ2) is 2.58. The summed E-state index contributed by atoms with van der Waals surface area (Å²) in [7, 11) is 0. The highest BCUT2D eigenvalue weighted by molar-refractivity contribution is 7.21. The van der Waals surface area contributed by atoms with Gasteiger partial charge in [-0.05, 0) is 18.2 Å². The molecule has 2 N–H and O–H groups in total. The van der Waals surface area contributed by atoms with Crippen LogP contribution in [-0.2, 0) is 4.74 Å². The Bertz CT molecular complexity index is 614. The van der Waals surface area contributed by atoms with Gasteiger partial charge in [0.05, 0.1) is 5.56 Å². The number of ether oxygens (including phenoxy) is 1. The molecule has 0 bridgehead atoms. The Morgan fingerprint density at radius 3 is 2.80 bits per heavy atom. The average molecular weight is 219 g/mol. The minimum Gasteiger partial charge on any atom is -0.399 e. The maximum Gasteiger partial charge on any atom is 0.357 e. The average Bonchev–Trinajstić information content (AvgIpc) is 2.67. The Morgan fingerprint density at radius 2 is 2.00 bits per heavy atom. The van der Waals surface area contributed by atoms with Gasteiger partial charge >= 0.3 is 11.9 Å². The van der Waals surface area contributed by atoms with Crippen LogP contribution in [0.15, 0.2) is 18.2 Å². The second-order valence-electron chi connectivity index (χ2n) is 3.24. The van der Waals surface area contributed by atoms with E-state index in [1.165, 1.54) is 11.3 Å². The number of benzene rings is 1. The number of carbonyl (C=O) groups is 2. The van der Waals surface area contributed by atoms with Crippen molar-refractivity contribution in [2.75, 3.05) is 5.73 Å². The van der Waals surface area contributed by atoms with E-state index in [1.807, 2.05) is 0 Å². The molecule has 0 spiro atoms. The third-order valence-electron chi connectivity index (χ3n) is 2.29. The van der Waals surface area contributed by atoms with Crippen molar-refractivity contribution in [1.29, 1.82) is 0 Å². The molecule has 74 valence electrons. The van der Waals surface area contributed by atoms with Crippen molar-refractivity contribution >= 4 is 39.0 Å². The number of hydrogen-bond acceptors (Lipinski definition) is 5. The van der Waals surface area contributed by atoms with Gasteiger partial charge in [0.1, 0.15) is 4.88 Å². The summed E-state index contributed by atoms with van der Waals surface area (Å²) >= 11 is 1.26. The highest BCUT2D eigenvalue weighted by Crippen LogP contribution is 2.36. The van der Waals surface area contributed by atoms with Gasteiger partial charge in [0, 0.05) is 15.8 Å². The van der Waals surface area contributed by atoms with E-state index in [0.717, 1.165) is 4.70 Å². The first-order valence-corrected chi connectivity index (χ1v) is 5.07. The molecular weight excluding hydrogens is 214 g/mol. The van der Waals surface area contributed by atoms with Crippen molar-refractivity contribution in [1.82, 2.24) is 0 Å². The zero-order chi connectivity index (χ0) is 10.6. The maximum absolute atomic E-state index is 11.4. The predicted octanol–water partition coefficient (Wildman–Crippen LogP) is 1.79. The van der Waals surface area contributed by atoms with E-state index in [0.29, 0.717) is 21.5 Å². The molecule has 0 fully saturated rings. The van der Waals surface area contributed by atoms with E-state index >= 15 is 0 Å². The third kappa shape index (κ3) is 1.01. The van der Waals surface area contributed by atoms with Crippen LogP contribution in [0.25, 0.3) is 10.1 Å². The molecule has 0 atom stereocenters. The topological polar surface area (TPSA) is 69.4 Å².